The van der Waals surface area contributed by atoms with Crippen molar-refractivity contribution >= 4 is 11.9 Å². The first-order valence-electron chi connectivity index (χ1n) is 10.6. The summed E-state index contributed by atoms with van der Waals surface area (Å²) in [5.41, 5.74) is 2.77. The van der Waals surface area contributed by atoms with Crippen LogP contribution in [-0.4, -0.2) is 22.2 Å². The Kier molecular flexibility index (Phi) is 7.28. The summed E-state index contributed by atoms with van der Waals surface area (Å²) in [6, 6.07) is 7.05. The molecule has 0 atom stereocenters. The predicted molar refractivity (Wildman–Crippen MR) is 124 cm³/mol. The molecule has 0 fully saturated rings. The van der Waals surface area contributed by atoms with Gasteiger partial charge in [-0.25, -0.2) is 0 Å². The third-order valence-corrected chi connectivity index (χ3v) is 5.13. The Labute approximate surface area is 190 Å². The quantitative estimate of drug-likeness (QED) is 0.595. The van der Waals surface area contributed by atoms with Gasteiger partial charge in [0.25, 0.3) is 0 Å². The lowest BCUT2D eigenvalue weighted by molar-refractivity contribution is -0.143. The fourth-order valence-electron chi connectivity index (χ4n) is 3.48. The zero-order valence-electron chi connectivity index (χ0n) is 20.3. The van der Waals surface area contributed by atoms with Gasteiger partial charge in [0.2, 0.25) is 0 Å². The Morgan fingerprint density at radius 3 is 1.25 bits per heavy atom. The van der Waals surface area contributed by atoms with Crippen LogP contribution in [0.15, 0.2) is 24.3 Å². The van der Waals surface area contributed by atoms with Gasteiger partial charge in [0, 0.05) is 36.1 Å². The number of ether oxygens (including phenoxy) is 2. The topological polar surface area (TPSA) is 93.1 Å². The van der Waals surface area contributed by atoms with Crippen molar-refractivity contribution in [2.24, 2.45) is 0 Å². The summed E-state index contributed by atoms with van der Waals surface area (Å²) in [6.07, 6.45) is 0. The van der Waals surface area contributed by atoms with Gasteiger partial charge in [-0.3, -0.25) is 9.59 Å². The number of carbonyl (C=O) groups excluding carboxylic acids is 2. The summed E-state index contributed by atoms with van der Waals surface area (Å²) in [6.45, 7) is 14.6. The van der Waals surface area contributed by atoms with E-state index in [0.717, 1.165) is 0 Å². The lowest BCUT2D eigenvalue weighted by Crippen LogP contribution is -2.14. The van der Waals surface area contributed by atoms with Crippen molar-refractivity contribution in [2.45, 2.75) is 79.4 Å². The fraction of sp³-hybridized carbons (Fsp3) is 0.462. The SMILES string of the molecule is CC(=O)OCc1cc(-c2cc(COC(C)=O)cc(C(C)(C)C)c2O)c(O)c(C(C)(C)C)c1. The number of esters is 2. The monoisotopic (exact) mass is 442 g/mol. The second kappa shape index (κ2) is 9.23. The van der Waals surface area contributed by atoms with Crippen molar-refractivity contribution in [3.63, 3.8) is 0 Å². The van der Waals surface area contributed by atoms with Crippen LogP contribution in [0.1, 0.15) is 77.6 Å². The maximum absolute atomic E-state index is 11.3. The molecule has 0 aliphatic carbocycles. The molecule has 6 nitrogen and oxygen atoms in total. The van der Waals surface area contributed by atoms with Crippen LogP contribution in [0, 0.1) is 0 Å². The first-order valence-corrected chi connectivity index (χ1v) is 10.6. The van der Waals surface area contributed by atoms with E-state index in [4.69, 9.17) is 9.47 Å². The van der Waals surface area contributed by atoms with Gasteiger partial charge in [0.1, 0.15) is 24.7 Å². The molecule has 0 amide bonds. The van der Waals surface area contributed by atoms with Crippen LogP contribution in [0.3, 0.4) is 0 Å². The number of benzene rings is 2. The second-order valence-electron chi connectivity index (χ2n) is 10.1. The Morgan fingerprint density at radius 2 is 1.00 bits per heavy atom. The molecule has 2 N–H and O–H groups in total. The maximum Gasteiger partial charge on any atom is 0.302 e. The number of hydrogen-bond donors (Lipinski definition) is 2. The highest BCUT2D eigenvalue weighted by Gasteiger charge is 2.27. The van der Waals surface area contributed by atoms with Gasteiger partial charge in [-0.05, 0) is 46.2 Å². The van der Waals surface area contributed by atoms with Crippen molar-refractivity contribution in [2.75, 3.05) is 0 Å². The van der Waals surface area contributed by atoms with E-state index in [2.05, 4.69) is 0 Å². The zero-order valence-corrected chi connectivity index (χ0v) is 20.3. The van der Waals surface area contributed by atoms with Gasteiger partial charge in [0.05, 0.1) is 0 Å². The van der Waals surface area contributed by atoms with E-state index < -0.39 is 22.8 Å². The summed E-state index contributed by atoms with van der Waals surface area (Å²) >= 11 is 0. The number of phenols is 2. The molecule has 0 aliphatic rings. The van der Waals surface area contributed by atoms with Gasteiger partial charge < -0.3 is 19.7 Å². The zero-order chi connectivity index (χ0) is 24.4. The van der Waals surface area contributed by atoms with Crippen LogP contribution in [0.4, 0.5) is 0 Å². The molecule has 0 aliphatic heterocycles. The number of carbonyl (C=O) groups is 2. The average Bonchev–Trinajstić information content (AvgIpc) is 2.64. The van der Waals surface area contributed by atoms with Crippen molar-refractivity contribution in [1.82, 2.24) is 0 Å². The molecule has 0 heterocycles. The van der Waals surface area contributed by atoms with Gasteiger partial charge in [-0.15, -0.1) is 0 Å². The van der Waals surface area contributed by atoms with E-state index in [0.29, 0.717) is 33.4 Å². The fourth-order valence-corrected chi connectivity index (χ4v) is 3.48. The minimum absolute atomic E-state index is 0.0453. The third kappa shape index (κ3) is 6.02. The number of phenolic OH excluding ortho intramolecular Hbond substituents is 2. The Hall–Kier alpha value is -3.02. The molecule has 0 bridgehead atoms. The van der Waals surface area contributed by atoms with Crippen LogP contribution in [-0.2, 0) is 43.1 Å². The molecule has 0 saturated carbocycles. The molecule has 2 aromatic rings. The van der Waals surface area contributed by atoms with Crippen molar-refractivity contribution < 1.29 is 29.3 Å². The standard InChI is InChI=1S/C26H34O6/c1-15(27)31-13-17-9-19(23(29)21(11-17)25(3,4)5)20-10-18(14-32-16(2)28)12-22(24(20)30)26(6,7)8/h9-12,29-30H,13-14H2,1-8H3. The van der Waals surface area contributed by atoms with E-state index in [1.807, 2.05) is 53.7 Å². The lowest BCUT2D eigenvalue weighted by atomic mass is 9.80. The van der Waals surface area contributed by atoms with E-state index in [-0.39, 0.29) is 24.7 Å². The van der Waals surface area contributed by atoms with Crippen molar-refractivity contribution in [3.8, 4) is 22.6 Å². The molecule has 32 heavy (non-hydrogen) atoms. The van der Waals surface area contributed by atoms with E-state index in [1.54, 1.807) is 12.1 Å². The highest BCUT2D eigenvalue weighted by atomic mass is 16.5. The summed E-state index contributed by atoms with van der Waals surface area (Å²) in [7, 11) is 0. The average molecular weight is 443 g/mol. The molecule has 0 radical (unpaired) electrons. The number of hydrogen-bond acceptors (Lipinski definition) is 6. The molecule has 2 aromatic carbocycles. The number of aromatic hydroxyl groups is 2. The molecule has 0 aromatic heterocycles. The molecule has 0 saturated heterocycles. The Morgan fingerprint density at radius 1 is 0.688 bits per heavy atom. The lowest BCUT2D eigenvalue weighted by Gasteiger charge is -2.26. The molecule has 174 valence electrons. The summed E-state index contributed by atoms with van der Waals surface area (Å²) < 4.78 is 10.4. The summed E-state index contributed by atoms with van der Waals surface area (Å²) in [5, 5.41) is 22.4. The minimum Gasteiger partial charge on any atom is -0.507 e. The molecule has 2 rings (SSSR count). The van der Waals surface area contributed by atoms with Gasteiger partial charge in [0.15, 0.2) is 0 Å². The van der Waals surface area contributed by atoms with Crippen LogP contribution in [0.2, 0.25) is 0 Å². The Bertz CT molecular complexity index is 939. The molecule has 0 spiro atoms. The highest BCUT2D eigenvalue weighted by molar-refractivity contribution is 5.80. The van der Waals surface area contributed by atoms with Crippen LogP contribution < -0.4 is 0 Å². The normalized spacial score (nSPS) is 11.9. The third-order valence-electron chi connectivity index (χ3n) is 5.13. The van der Waals surface area contributed by atoms with E-state index in [1.165, 1.54) is 13.8 Å². The highest BCUT2D eigenvalue weighted by Crippen LogP contribution is 2.46. The van der Waals surface area contributed by atoms with Gasteiger partial charge >= 0.3 is 11.9 Å². The minimum atomic E-state index is -0.404. The van der Waals surface area contributed by atoms with Crippen LogP contribution in [0.25, 0.3) is 11.1 Å². The predicted octanol–water partition coefficient (Wildman–Crippen LogP) is 5.49. The van der Waals surface area contributed by atoms with Gasteiger partial charge in [-0.1, -0.05) is 41.5 Å². The smallest absolute Gasteiger partial charge is 0.302 e. The molecular formula is C26H34O6. The molecule has 6 heteroatoms. The first kappa shape index (κ1) is 25.2. The second-order valence-corrected chi connectivity index (χ2v) is 10.1. The van der Waals surface area contributed by atoms with Crippen molar-refractivity contribution in [1.29, 1.82) is 0 Å². The van der Waals surface area contributed by atoms with E-state index in [9.17, 15) is 19.8 Å². The van der Waals surface area contributed by atoms with Crippen LogP contribution in [0.5, 0.6) is 11.5 Å². The van der Waals surface area contributed by atoms with Crippen molar-refractivity contribution in [3.05, 3.63) is 46.5 Å². The van der Waals surface area contributed by atoms with E-state index >= 15 is 0 Å². The van der Waals surface area contributed by atoms with Gasteiger partial charge in [-0.2, -0.15) is 0 Å². The molecule has 0 unspecified atom stereocenters. The Balaban J connectivity index is 2.81. The van der Waals surface area contributed by atoms with Crippen LogP contribution >= 0.6 is 0 Å². The summed E-state index contributed by atoms with van der Waals surface area (Å²) in [4.78, 5) is 22.7. The molecular weight excluding hydrogens is 408 g/mol. The summed E-state index contributed by atoms with van der Waals surface area (Å²) in [5.74, 6) is -0.718. The largest absolute Gasteiger partial charge is 0.507 e. The first-order chi connectivity index (χ1) is 14.6. The maximum atomic E-state index is 11.3. The number of rotatable bonds is 5.